The molecule has 0 bridgehead atoms. The molecule has 1 unspecified atom stereocenters. The lowest BCUT2D eigenvalue weighted by atomic mass is 9.94. The molecule has 3 aliphatic rings. The third-order valence-corrected chi connectivity index (χ3v) is 6.05. The number of halogens is 3. The molecule has 2 aliphatic heterocycles. The van der Waals surface area contributed by atoms with Crippen LogP contribution in [-0.4, -0.2) is 43.7 Å². The number of aryl methyl sites for hydroxylation is 1. The predicted molar refractivity (Wildman–Crippen MR) is 88.5 cm³/mol. The number of carbonyl (C=O) groups is 2. The number of alkyl halides is 3. The van der Waals surface area contributed by atoms with Gasteiger partial charge in [-0.15, -0.1) is 0 Å². The Kier molecular flexibility index (Phi) is 3.63. The number of fused-ring (bicyclic) bond motifs is 1. The van der Waals surface area contributed by atoms with E-state index in [1.54, 1.807) is 4.90 Å². The average molecular weight is 367 g/mol. The SMILES string of the molecule is Cc1cccc(N2CCC(NC(=O)[C@@]34CNC[C@]3(C(F)(F)F)C4)C2=O)c1. The summed E-state index contributed by atoms with van der Waals surface area (Å²) >= 11 is 0. The second-order valence-corrected chi connectivity index (χ2v) is 7.59. The Morgan fingerprint density at radius 3 is 2.77 bits per heavy atom. The van der Waals surface area contributed by atoms with Crippen molar-refractivity contribution in [2.24, 2.45) is 10.8 Å². The van der Waals surface area contributed by atoms with Gasteiger partial charge in [0.1, 0.15) is 6.04 Å². The Hall–Kier alpha value is -2.09. The largest absolute Gasteiger partial charge is 0.396 e. The summed E-state index contributed by atoms with van der Waals surface area (Å²) in [5, 5.41) is 5.29. The number of carbonyl (C=O) groups excluding carboxylic acids is 2. The van der Waals surface area contributed by atoms with Crippen LogP contribution in [0.5, 0.6) is 0 Å². The fraction of sp³-hybridized carbons (Fsp3) is 0.556. The highest BCUT2D eigenvalue weighted by atomic mass is 19.4. The van der Waals surface area contributed by atoms with Gasteiger partial charge in [-0.1, -0.05) is 12.1 Å². The number of hydrogen-bond donors (Lipinski definition) is 2. The fourth-order valence-electron chi connectivity index (χ4n) is 4.44. The quantitative estimate of drug-likeness (QED) is 0.856. The molecule has 5 nitrogen and oxygen atoms in total. The molecule has 0 aromatic heterocycles. The van der Waals surface area contributed by atoms with Crippen LogP contribution in [0.1, 0.15) is 18.4 Å². The van der Waals surface area contributed by atoms with Gasteiger partial charge >= 0.3 is 6.18 Å². The van der Waals surface area contributed by atoms with Crippen molar-refractivity contribution in [3.05, 3.63) is 29.8 Å². The molecule has 8 heteroatoms. The number of rotatable bonds is 3. The van der Waals surface area contributed by atoms with Crippen molar-refractivity contribution >= 4 is 17.5 Å². The Balaban J connectivity index is 1.48. The Morgan fingerprint density at radius 1 is 1.35 bits per heavy atom. The predicted octanol–water partition coefficient (Wildman–Crippen LogP) is 1.76. The fourth-order valence-corrected chi connectivity index (χ4v) is 4.44. The second-order valence-electron chi connectivity index (χ2n) is 7.59. The van der Waals surface area contributed by atoms with E-state index in [0.717, 1.165) is 11.3 Å². The molecule has 2 N–H and O–H groups in total. The summed E-state index contributed by atoms with van der Waals surface area (Å²) in [7, 11) is 0. The molecule has 2 saturated heterocycles. The van der Waals surface area contributed by atoms with Crippen LogP contribution in [0.2, 0.25) is 0 Å². The number of nitrogens with one attached hydrogen (secondary N) is 2. The molecule has 1 aliphatic carbocycles. The third-order valence-electron chi connectivity index (χ3n) is 6.05. The van der Waals surface area contributed by atoms with Crippen molar-refractivity contribution in [3.63, 3.8) is 0 Å². The number of amides is 2. The smallest absolute Gasteiger partial charge is 0.344 e. The summed E-state index contributed by atoms with van der Waals surface area (Å²) in [6.07, 6.45) is -4.24. The van der Waals surface area contributed by atoms with Gasteiger partial charge in [0.2, 0.25) is 11.8 Å². The summed E-state index contributed by atoms with van der Waals surface area (Å²) in [5.74, 6) is -0.936. The van der Waals surface area contributed by atoms with Crippen LogP contribution in [0, 0.1) is 17.8 Å². The number of piperidine rings is 1. The van der Waals surface area contributed by atoms with E-state index in [4.69, 9.17) is 0 Å². The van der Waals surface area contributed by atoms with E-state index in [9.17, 15) is 22.8 Å². The standard InChI is InChI=1S/C18H20F3N3O2/c1-11-3-2-4-12(7-11)24-6-5-13(14(24)25)23-15(26)16-8-17(16,10-22-9-16)18(19,20)21/h2-4,7,13,22H,5-6,8-10H2,1H3,(H,23,26)/t13?,16-,17-/m1/s1. The molecule has 1 aromatic carbocycles. The van der Waals surface area contributed by atoms with E-state index in [0.29, 0.717) is 13.0 Å². The van der Waals surface area contributed by atoms with E-state index in [2.05, 4.69) is 10.6 Å². The van der Waals surface area contributed by atoms with E-state index in [1.165, 1.54) is 0 Å². The maximum absolute atomic E-state index is 13.4. The molecule has 3 atom stereocenters. The van der Waals surface area contributed by atoms with Crippen LogP contribution in [0.4, 0.5) is 18.9 Å². The zero-order chi connectivity index (χ0) is 18.7. The number of benzene rings is 1. The number of anilines is 1. The van der Waals surface area contributed by atoms with Crippen LogP contribution in [0.15, 0.2) is 24.3 Å². The average Bonchev–Trinajstić information content (AvgIpc) is 2.89. The lowest BCUT2D eigenvalue weighted by Crippen LogP contribution is -2.47. The van der Waals surface area contributed by atoms with Gasteiger partial charge in [0, 0.05) is 25.3 Å². The molecule has 0 radical (unpaired) electrons. The van der Waals surface area contributed by atoms with Crippen LogP contribution < -0.4 is 15.5 Å². The number of hydrogen-bond acceptors (Lipinski definition) is 3. The van der Waals surface area contributed by atoms with Gasteiger partial charge in [-0.05, 0) is 37.5 Å². The first kappa shape index (κ1) is 17.3. The minimum absolute atomic E-state index is 0.000841. The monoisotopic (exact) mass is 367 g/mol. The summed E-state index contributed by atoms with van der Waals surface area (Å²) in [5.41, 5.74) is -1.71. The van der Waals surface area contributed by atoms with Crippen molar-refractivity contribution in [1.82, 2.24) is 10.6 Å². The molecular formula is C18H20F3N3O2. The van der Waals surface area contributed by atoms with E-state index < -0.39 is 29.0 Å². The molecule has 1 saturated carbocycles. The summed E-state index contributed by atoms with van der Waals surface area (Å²) in [6, 6.07) is 6.67. The van der Waals surface area contributed by atoms with Crippen molar-refractivity contribution in [3.8, 4) is 0 Å². The Morgan fingerprint density at radius 2 is 2.12 bits per heavy atom. The van der Waals surface area contributed by atoms with Gasteiger partial charge in [0.25, 0.3) is 0 Å². The summed E-state index contributed by atoms with van der Waals surface area (Å²) in [6.45, 7) is 2.11. The molecule has 1 aromatic rings. The van der Waals surface area contributed by atoms with Gasteiger partial charge < -0.3 is 15.5 Å². The van der Waals surface area contributed by atoms with Crippen LogP contribution in [0.25, 0.3) is 0 Å². The molecule has 4 rings (SSSR count). The van der Waals surface area contributed by atoms with E-state index in [-0.39, 0.29) is 25.4 Å². The lowest BCUT2D eigenvalue weighted by molar-refractivity contribution is -0.192. The summed E-state index contributed by atoms with van der Waals surface area (Å²) in [4.78, 5) is 26.8. The first-order valence-corrected chi connectivity index (χ1v) is 8.67. The molecule has 0 spiro atoms. The first-order chi connectivity index (χ1) is 12.2. The maximum atomic E-state index is 13.4. The lowest BCUT2D eigenvalue weighted by Gasteiger charge is -2.22. The zero-order valence-electron chi connectivity index (χ0n) is 14.3. The molecule has 2 amide bonds. The number of nitrogens with zero attached hydrogens (tertiary/aromatic N) is 1. The van der Waals surface area contributed by atoms with Gasteiger partial charge in [-0.25, -0.2) is 0 Å². The van der Waals surface area contributed by atoms with Gasteiger partial charge in [-0.3, -0.25) is 9.59 Å². The second kappa shape index (κ2) is 5.45. The molecule has 26 heavy (non-hydrogen) atoms. The normalized spacial score (nSPS) is 33.3. The Bertz CT molecular complexity index is 781. The minimum atomic E-state index is -4.43. The highest BCUT2D eigenvalue weighted by Crippen LogP contribution is 2.73. The molecular weight excluding hydrogens is 347 g/mol. The van der Waals surface area contributed by atoms with Crippen molar-refractivity contribution in [1.29, 1.82) is 0 Å². The van der Waals surface area contributed by atoms with Crippen LogP contribution >= 0.6 is 0 Å². The van der Waals surface area contributed by atoms with Crippen molar-refractivity contribution < 1.29 is 22.8 Å². The molecule has 140 valence electrons. The highest BCUT2D eigenvalue weighted by Gasteiger charge is 2.84. The highest BCUT2D eigenvalue weighted by molar-refractivity contribution is 6.02. The third kappa shape index (κ3) is 2.27. The van der Waals surface area contributed by atoms with Crippen molar-refractivity contribution in [2.75, 3.05) is 24.5 Å². The van der Waals surface area contributed by atoms with E-state index in [1.807, 2.05) is 31.2 Å². The minimum Gasteiger partial charge on any atom is -0.344 e. The van der Waals surface area contributed by atoms with E-state index >= 15 is 0 Å². The summed E-state index contributed by atoms with van der Waals surface area (Å²) < 4.78 is 40.2. The van der Waals surface area contributed by atoms with Crippen LogP contribution in [0.3, 0.4) is 0 Å². The van der Waals surface area contributed by atoms with Crippen molar-refractivity contribution in [2.45, 2.75) is 32.0 Å². The first-order valence-electron chi connectivity index (χ1n) is 8.67. The Labute approximate surface area is 148 Å². The zero-order valence-corrected chi connectivity index (χ0v) is 14.3. The van der Waals surface area contributed by atoms with Gasteiger partial charge in [0.05, 0.1) is 10.8 Å². The van der Waals surface area contributed by atoms with Gasteiger partial charge in [-0.2, -0.15) is 13.2 Å². The molecule has 2 heterocycles. The van der Waals surface area contributed by atoms with Crippen LogP contribution in [-0.2, 0) is 9.59 Å². The maximum Gasteiger partial charge on any atom is 0.396 e. The molecule has 3 fully saturated rings. The van der Waals surface area contributed by atoms with Gasteiger partial charge in [0.15, 0.2) is 0 Å². The topological polar surface area (TPSA) is 61.4 Å².